The summed E-state index contributed by atoms with van der Waals surface area (Å²) in [5.41, 5.74) is 5.73. The standard InChI is InChI=1S/C14H26N2O2/c1-11(2)7-9-18-14(17)12(3)16-8-5-4-6-13(16)10-15/h4,6,11-13H,5,7-10,15H2,1-3H3. The predicted molar refractivity (Wildman–Crippen MR) is 73.2 cm³/mol. The van der Waals surface area contributed by atoms with Gasteiger partial charge in [-0.15, -0.1) is 0 Å². The summed E-state index contributed by atoms with van der Waals surface area (Å²) in [5.74, 6) is 0.423. The zero-order valence-corrected chi connectivity index (χ0v) is 11.8. The van der Waals surface area contributed by atoms with Crippen molar-refractivity contribution in [3.8, 4) is 0 Å². The largest absolute Gasteiger partial charge is 0.465 e. The lowest BCUT2D eigenvalue weighted by Crippen LogP contribution is -2.50. The summed E-state index contributed by atoms with van der Waals surface area (Å²) >= 11 is 0. The smallest absolute Gasteiger partial charge is 0.323 e. The van der Waals surface area contributed by atoms with Gasteiger partial charge in [0.05, 0.1) is 6.61 Å². The molecule has 4 heteroatoms. The van der Waals surface area contributed by atoms with Gasteiger partial charge in [0.15, 0.2) is 0 Å². The van der Waals surface area contributed by atoms with Crippen molar-refractivity contribution in [2.75, 3.05) is 19.7 Å². The van der Waals surface area contributed by atoms with Crippen LogP contribution in [0, 0.1) is 5.92 Å². The minimum absolute atomic E-state index is 0.135. The predicted octanol–water partition coefficient (Wildman–Crippen LogP) is 1.55. The normalized spacial score (nSPS) is 22.2. The van der Waals surface area contributed by atoms with Crippen LogP contribution in [0.4, 0.5) is 0 Å². The van der Waals surface area contributed by atoms with Crippen LogP contribution >= 0.6 is 0 Å². The first-order valence-corrected chi connectivity index (χ1v) is 6.85. The Kier molecular flexibility index (Phi) is 6.36. The molecule has 0 amide bonds. The Morgan fingerprint density at radius 2 is 2.22 bits per heavy atom. The molecule has 1 rings (SSSR count). The molecule has 1 heterocycles. The summed E-state index contributed by atoms with van der Waals surface area (Å²) in [7, 11) is 0. The van der Waals surface area contributed by atoms with Gasteiger partial charge < -0.3 is 10.5 Å². The van der Waals surface area contributed by atoms with E-state index in [1.165, 1.54) is 0 Å². The van der Waals surface area contributed by atoms with Gasteiger partial charge in [0, 0.05) is 19.1 Å². The first kappa shape index (κ1) is 15.2. The van der Waals surface area contributed by atoms with Gasteiger partial charge in [-0.1, -0.05) is 26.0 Å². The van der Waals surface area contributed by atoms with E-state index in [1.54, 1.807) is 0 Å². The van der Waals surface area contributed by atoms with E-state index < -0.39 is 0 Å². The van der Waals surface area contributed by atoms with E-state index >= 15 is 0 Å². The van der Waals surface area contributed by atoms with Gasteiger partial charge in [-0.2, -0.15) is 0 Å². The number of carbonyl (C=O) groups excluding carboxylic acids is 1. The molecule has 0 radical (unpaired) electrons. The first-order chi connectivity index (χ1) is 8.56. The summed E-state index contributed by atoms with van der Waals surface area (Å²) in [4.78, 5) is 14.1. The zero-order valence-electron chi connectivity index (χ0n) is 11.8. The second kappa shape index (κ2) is 7.54. The van der Waals surface area contributed by atoms with Gasteiger partial charge in [-0.3, -0.25) is 9.69 Å². The third-order valence-corrected chi connectivity index (χ3v) is 3.36. The van der Waals surface area contributed by atoms with Gasteiger partial charge in [0.2, 0.25) is 0 Å². The average Bonchev–Trinajstić information content (AvgIpc) is 2.37. The van der Waals surface area contributed by atoms with Crippen LogP contribution in [0.15, 0.2) is 12.2 Å². The fraction of sp³-hybridized carbons (Fsp3) is 0.786. The van der Waals surface area contributed by atoms with Crippen molar-refractivity contribution in [3.63, 3.8) is 0 Å². The van der Waals surface area contributed by atoms with Crippen molar-refractivity contribution < 1.29 is 9.53 Å². The molecule has 1 aliphatic heterocycles. The Labute approximate surface area is 110 Å². The lowest BCUT2D eigenvalue weighted by atomic mass is 10.1. The van der Waals surface area contributed by atoms with Crippen molar-refractivity contribution >= 4 is 5.97 Å². The van der Waals surface area contributed by atoms with Gasteiger partial charge in [-0.05, 0) is 25.7 Å². The molecule has 1 aliphatic rings. The molecule has 0 aromatic rings. The number of esters is 1. The van der Waals surface area contributed by atoms with Crippen LogP contribution in [-0.4, -0.2) is 42.6 Å². The van der Waals surface area contributed by atoms with Crippen LogP contribution in [0.3, 0.4) is 0 Å². The fourth-order valence-corrected chi connectivity index (χ4v) is 2.10. The summed E-state index contributed by atoms with van der Waals surface area (Å²) in [6.45, 7) is 8.07. The molecule has 4 nitrogen and oxygen atoms in total. The number of ether oxygens (including phenoxy) is 1. The quantitative estimate of drug-likeness (QED) is 0.577. The van der Waals surface area contributed by atoms with Crippen molar-refractivity contribution in [3.05, 3.63) is 12.2 Å². The molecule has 0 aromatic carbocycles. The lowest BCUT2D eigenvalue weighted by Gasteiger charge is -2.35. The summed E-state index contributed by atoms with van der Waals surface area (Å²) < 4.78 is 5.32. The summed E-state index contributed by atoms with van der Waals surface area (Å²) in [6, 6.07) is -0.0536. The van der Waals surface area contributed by atoms with Gasteiger partial charge in [0.25, 0.3) is 0 Å². The Morgan fingerprint density at radius 3 is 2.83 bits per heavy atom. The topological polar surface area (TPSA) is 55.6 Å². The fourth-order valence-electron chi connectivity index (χ4n) is 2.10. The third-order valence-electron chi connectivity index (χ3n) is 3.36. The van der Waals surface area contributed by atoms with Crippen LogP contribution < -0.4 is 5.73 Å². The maximum Gasteiger partial charge on any atom is 0.323 e. The minimum atomic E-state index is -0.212. The molecule has 0 saturated heterocycles. The number of carbonyl (C=O) groups is 1. The molecule has 0 saturated carbocycles. The van der Waals surface area contributed by atoms with E-state index in [9.17, 15) is 4.79 Å². The zero-order chi connectivity index (χ0) is 13.5. The number of hydrogen-bond donors (Lipinski definition) is 1. The molecule has 2 unspecified atom stereocenters. The number of nitrogens with two attached hydrogens (primary N) is 1. The van der Waals surface area contributed by atoms with Gasteiger partial charge in [-0.25, -0.2) is 0 Å². The molecule has 18 heavy (non-hydrogen) atoms. The average molecular weight is 254 g/mol. The molecule has 0 fully saturated rings. The van der Waals surface area contributed by atoms with E-state index in [1.807, 2.05) is 6.92 Å². The molecule has 0 aromatic heterocycles. The second-order valence-corrected chi connectivity index (χ2v) is 5.28. The van der Waals surface area contributed by atoms with Crippen LogP contribution in [0.1, 0.15) is 33.6 Å². The molecule has 104 valence electrons. The highest BCUT2D eigenvalue weighted by atomic mass is 16.5. The van der Waals surface area contributed by atoms with Crippen LogP contribution in [0.2, 0.25) is 0 Å². The Balaban J connectivity index is 2.44. The second-order valence-electron chi connectivity index (χ2n) is 5.28. The molecule has 2 N–H and O–H groups in total. The first-order valence-electron chi connectivity index (χ1n) is 6.85. The highest BCUT2D eigenvalue weighted by Gasteiger charge is 2.28. The summed E-state index contributed by atoms with van der Waals surface area (Å²) in [5, 5.41) is 0. The van der Waals surface area contributed by atoms with Crippen LogP contribution in [0.5, 0.6) is 0 Å². The van der Waals surface area contributed by atoms with Crippen molar-refractivity contribution in [1.82, 2.24) is 4.90 Å². The van der Waals surface area contributed by atoms with E-state index in [0.29, 0.717) is 19.1 Å². The van der Waals surface area contributed by atoms with E-state index in [-0.39, 0.29) is 18.1 Å². The summed E-state index contributed by atoms with van der Waals surface area (Å²) in [6.07, 6.45) is 6.10. The SMILES string of the molecule is CC(C)CCOC(=O)C(C)N1CCC=CC1CN. The molecular formula is C14H26N2O2. The van der Waals surface area contributed by atoms with Crippen molar-refractivity contribution in [2.45, 2.75) is 45.7 Å². The Hall–Kier alpha value is -0.870. The Bertz CT molecular complexity index is 290. The lowest BCUT2D eigenvalue weighted by molar-refractivity contribution is -0.150. The van der Waals surface area contributed by atoms with Crippen molar-refractivity contribution in [2.24, 2.45) is 11.7 Å². The maximum atomic E-state index is 12.0. The Morgan fingerprint density at radius 1 is 1.50 bits per heavy atom. The molecule has 2 atom stereocenters. The molecular weight excluding hydrogens is 228 g/mol. The number of hydrogen-bond acceptors (Lipinski definition) is 4. The number of rotatable bonds is 6. The van der Waals surface area contributed by atoms with E-state index in [4.69, 9.17) is 10.5 Å². The monoisotopic (exact) mass is 254 g/mol. The van der Waals surface area contributed by atoms with E-state index in [2.05, 4.69) is 30.9 Å². The number of nitrogens with zero attached hydrogens (tertiary/aromatic N) is 1. The van der Waals surface area contributed by atoms with Crippen LogP contribution in [-0.2, 0) is 9.53 Å². The van der Waals surface area contributed by atoms with Crippen LogP contribution in [0.25, 0.3) is 0 Å². The molecule has 0 aliphatic carbocycles. The highest BCUT2D eigenvalue weighted by Crippen LogP contribution is 2.14. The van der Waals surface area contributed by atoms with Gasteiger partial charge >= 0.3 is 5.97 Å². The molecule has 0 bridgehead atoms. The van der Waals surface area contributed by atoms with Crippen molar-refractivity contribution in [1.29, 1.82) is 0 Å². The maximum absolute atomic E-state index is 12.0. The minimum Gasteiger partial charge on any atom is -0.465 e. The third kappa shape index (κ3) is 4.42. The van der Waals surface area contributed by atoms with E-state index in [0.717, 1.165) is 19.4 Å². The highest BCUT2D eigenvalue weighted by molar-refractivity contribution is 5.75. The van der Waals surface area contributed by atoms with Gasteiger partial charge in [0.1, 0.15) is 6.04 Å². The molecule has 0 spiro atoms.